The largest absolute Gasteiger partial charge is 0.354 e. The topological polar surface area (TPSA) is 68.8 Å². The SMILES string of the molecule is CCN1CCN(c2ccc(CNC(=O)C(c3ccccc3)N3CCCCC3=O)cn2)CC1. The van der Waals surface area contributed by atoms with Crippen molar-refractivity contribution < 1.29 is 9.59 Å². The van der Waals surface area contributed by atoms with Crippen LogP contribution in [0.3, 0.4) is 0 Å². The third-order valence-corrected chi connectivity index (χ3v) is 6.45. The van der Waals surface area contributed by atoms with Gasteiger partial charge in [0.25, 0.3) is 0 Å². The summed E-state index contributed by atoms with van der Waals surface area (Å²) in [7, 11) is 0. The number of hydrogen-bond acceptors (Lipinski definition) is 5. The summed E-state index contributed by atoms with van der Waals surface area (Å²) in [6, 6.07) is 13.0. The highest BCUT2D eigenvalue weighted by atomic mass is 16.2. The number of nitrogens with zero attached hydrogens (tertiary/aromatic N) is 4. The van der Waals surface area contributed by atoms with Gasteiger partial charge in [-0.25, -0.2) is 4.98 Å². The van der Waals surface area contributed by atoms with Gasteiger partial charge in [0, 0.05) is 51.9 Å². The molecule has 1 atom stereocenters. The van der Waals surface area contributed by atoms with Crippen LogP contribution in [-0.4, -0.2) is 65.9 Å². The fraction of sp³-hybridized carbons (Fsp3) is 0.480. The molecular weight excluding hydrogens is 402 g/mol. The Balaban J connectivity index is 1.39. The van der Waals surface area contributed by atoms with Crippen LogP contribution in [0.15, 0.2) is 48.7 Å². The van der Waals surface area contributed by atoms with Crippen molar-refractivity contribution in [2.24, 2.45) is 0 Å². The Kier molecular flexibility index (Phi) is 7.37. The van der Waals surface area contributed by atoms with Crippen molar-refractivity contribution in [2.75, 3.05) is 44.2 Å². The minimum absolute atomic E-state index is 0.0504. The molecule has 0 saturated carbocycles. The first-order valence-electron chi connectivity index (χ1n) is 11.7. The molecule has 170 valence electrons. The van der Waals surface area contributed by atoms with Crippen molar-refractivity contribution in [3.8, 4) is 0 Å². The van der Waals surface area contributed by atoms with E-state index in [-0.39, 0.29) is 11.8 Å². The van der Waals surface area contributed by atoms with E-state index in [4.69, 9.17) is 0 Å². The standard InChI is InChI=1S/C25H33N5O2/c1-2-28-14-16-29(17-15-28)22-12-11-20(18-26-22)19-27-25(32)24(21-8-4-3-5-9-21)30-13-7-6-10-23(30)31/h3-5,8-9,11-12,18,24H,2,6-7,10,13-17,19H2,1H3,(H,27,32). The average molecular weight is 436 g/mol. The number of aromatic nitrogens is 1. The second-order valence-electron chi connectivity index (χ2n) is 8.52. The van der Waals surface area contributed by atoms with Crippen molar-refractivity contribution >= 4 is 17.6 Å². The van der Waals surface area contributed by atoms with Gasteiger partial charge >= 0.3 is 0 Å². The molecule has 1 aromatic carbocycles. The summed E-state index contributed by atoms with van der Waals surface area (Å²) in [5.41, 5.74) is 1.80. The molecule has 2 aromatic rings. The number of anilines is 1. The number of carbonyl (C=O) groups is 2. The number of piperidine rings is 1. The summed E-state index contributed by atoms with van der Waals surface area (Å²) in [4.78, 5) is 36.8. The molecule has 3 heterocycles. The predicted molar refractivity (Wildman–Crippen MR) is 125 cm³/mol. The van der Waals surface area contributed by atoms with E-state index < -0.39 is 6.04 Å². The van der Waals surface area contributed by atoms with E-state index in [2.05, 4.69) is 27.0 Å². The van der Waals surface area contributed by atoms with Crippen molar-refractivity contribution in [3.05, 3.63) is 59.8 Å². The fourth-order valence-corrected chi connectivity index (χ4v) is 4.50. The van der Waals surface area contributed by atoms with Crippen LogP contribution >= 0.6 is 0 Å². The number of hydrogen-bond donors (Lipinski definition) is 1. The molecule has 2 aliphatic rings. The Bertz CT molecular complexity index is 894. The first-order valence-corrected chi connectivity index (χ1v) is 11.7. The van der Waals surface area contributed by atoms with Crippen LogP contribution in [0.25, 0.3) is 0 Å². The number of likely N-dealkylation sites (tertiary alicyclic amines) is 1. The molecule has 0 aliphatic carbocycles. The van der Waals surface area contributed by atoms with Crippen LogP contribution in [0.2, 0.25) is 0 Å². The lowest BCUT2D eigenvalue weighted by Gasteiger charge is -2.34. The van der Waals surface area contributed by atoms with E-state index in [1.807, 2.05) is 48.7 Å². The van der Waals surface area contributed by atoms with E-state index in [1.54, 1.807) is 4.90 Å². The van der Waals surface area contributed by atoms with Gasteiger partial charge in [-0.05, 0) is 36.6 Å². The Hall–Kier alpha value is -2.93. The third kappa shape index (κ3) is 5.27. The number of carbonyl (C=O) groups excluding carboxylic acids is 2. The predicted octanol–water partition coefficient (Wildman–Crippen LogP) is 2.59. The van der Waals surface area contributed by atoms with Gasteiger partial charge in [0.2, 0.25) is 11.8 Å². The molecule has 2 saturated heterocycles. The van der Waals surface area contributed by atoms with Gasteiger partial charge in [-0.2, -0.15) is 0 Å². The van der Waals surface area contributed by atoms with Gasteiger partial charge in [0.1, 0.15) is 11.9 Å². The van der Waals surface area contributed by atoms with Crippen LogP contribution in [-0.2, 0) is 16.1 Å². The van der Waals surface area contributed by atoms with Crippen LogP contribution in [0.1, 0.15) is 43.4 Å². The molecule has 2 amide bonds. The van der Waals surface area contributed by atoms with Crippen LogP contribution in [0, 0.1) is 0 Å². The smallest absolute Gasteiger partial charge is 0.247 e. The van der Waals surface area contributed by atoms with E-state index in [0.29, 0.717) is 19.5 Å². The number of amides is 2. The van der Waals surface area contributed by atoms with Gasteiger partial charge in [0.05, 0.1) is 0 Å². The van der Waals surface area contributed by atoms with Gasteiger partial charge < -0.3 is 20.0 Å². The first kappa shape index (κ1) is 22.3. The van der Waals surface area contributed by atoms with Crippen LogP contribution < -0.4 is 10.2 Å². The fourth-order valence-electron chi connectivity index (χ4n) is 4.50. The monoisotopic (exact) mass is 435 g/mol. The normalized spacial score (nSPS) is 18.5. The number of rotatable bonds is 7. The lowest BCUT2D eigenvalue weighted by Crippen LogP contribution is -2.46. The highest BCUT2D eigenvalue weighted by molar-refractivity contribution is 5.89. The van der Waals surface area contributed by atoms with Gasteiger partial charge in [-0.15, -0.1) is 0 Å². The number of nitrogens with one attached hydrogen (secondary N) is 1. The number of benzene rings is 1. The summed E-state index contributed by atoms with van der Waals surface area (Å²) >= 11 is 0. The summed E-state index contributed by atoms with van der Waals surface area (Å²) < 4.78 is 0. The average Bonchev–Trinajstić information content (AvgIpc) is 2.85. The van der Waals surface area contributed by atoms with Gasteiger partial charge in [-0.1, -0.05) is 43.3 Å². The minimum atomic E-state index is -0.592. The van der Waals surface area contributed by atoms with E-state index in [1.165, 1.54) is 0 Å². The zero-order valence-electron chi connectivity index (χ0n) is 18.9. The summed E-state index contributed by atoms with van der Waals surface area (Å²) in [6.07, 6.45) is 4.17. The molecule has 2 fully saturated rings. The molecule has 0 spiro atoms. The van der Waals surface area contributed by atoms with E-state index in [9.17, 15) is 9.59 Å². The molecule has 7 nitrogen and oxygen atoms in total. The summed E-state index contributed by atoms with van der Waals surface area (Å²) in [5.74, 6) is 0.887. The second kappa shape index (κ2) is 10.6. The zero-order chi connectivity index (χ0) is 22.3. The molecule has 2 aliphatic heterocycles. The van der Waals surface area contributed by atoms with Gasteiger partial charge in [-0.3, -0.25) is 9.59 Å². The highest BCUT2D eigenvalue weighted by Crippen LogP contribution is 2.26. The quantitative estimate of drug-likeness (QED) is 0.724. The van der Waals surface area contributed by atoms with Crippen molar-refractivity contribution in [1.29, 1.82) is 0 Å². The number of pyridine rings is 1. The maximum absolute atomic E-state index is 13.2. The zero-order valence-corrected chi connectivity index (χ0v) is 18.9. The van der Waals surface area contributed by atoms with Crippen molar-refractivity contribution in [1.82, 2.24) is 20.1 Å². The number of likely N-dealkylation sites (N-methyl/N-ethyl adjacent to an activating group) is 1. The highest BCUT2D eigenvalue weighted by Gasteiger charge is 2.32. The van der Waals surface area contributed by atoms with Crippen molar-refractivity contribution in [3.63, 3.8) is 0 Å². The molecule has 7 heteroatoms. The lowest BCUT2D eigenvalue weighted by atomic mass is 10.0. The first-order chi connectivity index (χ1) is 15.7. The van der Waals surface area contributed by atoms with Gasteiger partial charge in [0.15, 0.2) is 0 Å². The van der Waals surface area contributed by atoms with Crippen LogP contribution in [0.4, 0.5) is 5.82 Å². The van der Waals surface area contributed by atoms with Crippen LogP contribution in [0.5, 0.6) is 0 Å². The maximum atomic E-state index is 13.2. The Morgan fingerprint density at radius 1 is 1.03 bits per heavy atom. The Labute approximate surface area is 190 Å². The Morgan fingerprint density at radius 2 is 1.81 bits per heavy atom. The third-order valence-electron chi connectivity index (χ3n) is 6.45. The molecule has 32 heavy (non-hydrogen) atoms. The molecular formula is C25H33N5O2. The summed E-state index contributed by atoms with van der Waals surface area (Å²) in [5, 5.41) is 3.03. The molecule has 4 rings (SSSR count). The summed E-state index contributed by atoms with van der Waals surface area (Å²) in [6.45, 7) is 8.39. The lowest BCUT2D eigenvalue weighted by molar-refractivity contribution is -0.142. The molecule has 1 N–H and O–H groups in total. The Morgan fingerprint density at radius 3 is 2.47 bits per heavy atom. The van der Waals surface area contributed by atoms with E-state index >= 15 is 0 Å². The molecule has 1 aromatic heterocycles. The van der Waals surface area contributed by atoms with E-state index in [0.717, 1.165) is 62.5 Å². The molecule has 0 bridgehead atoms. The maximum Gasteiger partial charge on any atom is 0.247 e. The number of piperazine rings is 1. The molecule has 0 radical (unpaired) electrons. The molecule has 1 unspecified atom stereocenters. The van der Waals surface area contributed by atoms with Crippen molar-refractivity contribution in [2.45, 2.75) is 38.8 Å². The second-order valence-corrected chi connectivity index (χ2v) is 8.52. The minimum Gasteiger partial charge on any atom is -0.354 e.